The zero-order valence-corrected chi connectivity index (χ0v) is 13.8. The third-order valence-electron chi connectivity index (χ3n) is 4.27. The van der Waals surface area contributed by atoms with E-state index < -0.39 is 6.04 Å². The van der Waals surface area contributed by atoms with Gasteiger partial charge >= 0.3 is 0 Å². The van der Waals surface area contributed by atoms with Crippen molar-refractivity contribution in [3.63, 3.8) is 0 Å². The molecular weight excluding hydrogens is 280 g/mol. The number of nitrogens with two attached hydrogens (primary N) is 1. The fourth-order valence-electron chi connectivity index (χ4n) is 3.05. The zero-order chi connectivity index (χ0) is 15.2. The Morgan fingerprint density at radius 3 is 2.76 bits per heavy atom. The predicted molar refractivity (Wildman–Crippen MR) is 90.5 cm³/mol. The van der Waals surface area contributed by atoms with Gasteiger partial charge in [-0.1, -0.05) is 37.3 Å². The van der Waals surface area contributed by atoms with Gasteiger partial charge in [0.1, 0.15) is 0 Å². The maximum Gasteiger partial charge on any atom is 0.239 e. The molecule has 2 N–H and O–H groups in total. The lowest BCUT2D eigenvalue weighted by Crippen LogP contribution is -2.46. The maximum atomic E-state index is 12.5. The van der Waals surface area contributed by atoms with Crippen LogP contribution in [0.4, 0.5) is 0 Å². The van der Waals surface area contributed by atoms with E-state index in [1.807, 2.05) is 54.0 Å². The standard InChI is InChI=1S/C17H26N2OS/c1-3-21-15-10-9-14(12-15)19(2)17(20)16(18)11-13-7-5-4-6-8-13/h4-8,14-16H,3,9-12,18H2,1-2H3/t14-,15+,16+/m0/s1. The van der Waals surface area contributed by atoms with E-state index in [0.717, 1.165) is 24.2 Å². The predicted octanol–water partition coefficient (Wildman–Crippen LogP) is 2.69. The number of benzene rings is 1. The molecule has 1 aliphatic carbocycles. The van der Waals surface area contributed by atoms with Gasteiger partial charge in [-0.2, -0.15) is 11.8 Å². The number of hydrogen-bond acceptors (Lipinski definition) is 3. The monoisotopic (exact) mass is 306 g/mol. The average Bonchev–Trinajstić information content (AvgIpc) is 2.95. The van der Waals surface area contributed by atoms with Crippen LogP contribution in [0.15, 0.2) is 30.3 Å². The van der Waals surface area contributed by atoms with E-state index in [1.54, 1.807) is 0 Å². The highest BCUT2D eigenvalue weighted by Gasteiger charge is 2.31. The number of likely N-dealkylation sites (N-methyl/N-ethyl adjacent to an activating group) is 1. The van der Waals surface area contributed by atoms with Gasteiger partial charge in [-0.3, -0.25) is 4.79 Å². The van der Waals surface area contributed by atoms with Crippen LogP contribution in [0.1, 0.15) is 31.7 Å². The first-order chi connectivity index (χ1) is 10.1. The summed E-state index contributed by atoms with van der Waals surface area (Å²) in [4.78, 5) is 14.4. The van der Waals surface area contributed by atoms with Gasteiger partial charge in [0.05, 0.1) is 6.04 Å². The molecule has 4 heteroatoms. The van der Waals surface area contributed by atoms with Crippen molar-refractivity contribution >= 4 is 17.7 Å². The molecule has 0 aliphatic heterocycles. The quantitative estimate of drug-likeness (QED) is 0.879. The Bertz CT molecular complexity index is 451. The summed E-state index contributed by atoms with van der Waals surface area (Å²) in [6.45, 7) is 2.20. The summed E-state index contributed by atoms with van der Waals surface area (Å²) in [7, 11) is 1.91. The van der Waals surface area contributed by atoms with Crippen molar-refractivity contribution < 1.29 is 4.79 Å². The summed E-state index contributed by atoms with van der Waals surface area (Å²) in [5, 5.41) is 0.709. The van der Waals surface area contributed by atoms with E-state index in [4.69, 9.17) is 5.73 Å². The maximum absolute atomic E-state index is 12.5. The van der Waals surface area contributed by atoms with Gasteiger partial charge in [0, 0.05) is 18.3 Å². The summed E-state index contributed by atoms with van der Waals surface area (Å²) >= 11 is 2.01. The largest absolute Gasteiger partial charge is 0.341 e. The Hall–Kier alpha value is -1.00. The molecule has 0 saturated heterocycles. The summed E-state index contributed by atoms with van der Waals surface area (Å²) in [5.41, 5.74) is 7.24. The number of amides is 1. The molecule has 2 rings (SSSR count). The second kappa shape index (κ2) is 7.85. The summed E-state index contributed by atoms with van der Waals surface area (Å²) in [5.74, 6) is 1.23. The lowest BCUT2D eigenvalue weighted by Gasteiger charge is -2.27. The molecule has 3 atom stereocenters. The lowest BCUT2D eigenvalue weighted by atomic mass is 10.0. The molecule has 1 aromatic rings. The number of carbonyl (C=O) groups is 1. The highest BCUT2D eigenvalue weighted by Crippen LogP contribution is 2.32. The van der Waals surface area contributed by atoms with Gasteiger partial charge in [-0.25, -0.2) is 0 Å². The van der Waals surface area contributed by atoms with E-state index in [0.29, 0.717) is 17.7 Å². The fraction of sp³-hybridized carbons (Fsp3) is 0.588. The third kappa shape index (κ3) is 4.48. The average molecular weight is 306 g/mol. The van der Waals surface area contributed by atoms with Gasteiger partial charge in [0.2, 0.25) is 5.91 Å². The number of hydrogen-bond donors (Lipinski definition) is 1. The molecule has 1 saturated carbocycles. The van der Waals surface area contributed by atoms with Crippen LogP contribution >= 0.6 is 11.8 Å². The Morgan fingerprint density at radius 1 is 1.38 bits per heavy atom. The van der Waals surface area contributed by atoms with Crippen molar-refractivity contribution in [2.45, 2.75) is 49.9 Å². The topological polar surface area (TPSA) is 46.3 Å². The Balaban J connectivity index is 1.87. The number of nitrogens with zero attached hydrogens (tertiary/aromatic N) is 1. The second-order valence-corrected chi connectivity index (χ2v) is 7.37. The van der Waals surface area contributed by atoms with E-state index >= 15 is 0 Å². The molecule has 0 heterocycles. The van der Waals surface area contributed by atoms with Crippen LogP contribution in [0.25, 0.3) is 0 Å². The molecule has 1 amide bonds. The van der Waals surface area contributed by atoms with Gasteiger partial charge in [0.15, 0.2) is 0 Å². The highest BCUT2D eigenvalue weighted by molar-refractivity contribution is 7.99. The van der Waals surface area contributed by atoms with Crippen molar-refractivity contribution in [3.8, 4) is 0 Å². The summed E-state index contributed by atoms with van der Waals surface area (Å²) < 4.78 is 0. The molecule has 0 bridgehead atoms. The number of carbonyl (C=O) groups excluding carboxylic acids is 1. The molecular formula is C17H26N2OS. The van der Waals surface area contributed by atoms with Crippen molar-refractivity contribution in [2.75, 3.05) is 12.8 Å². The Kier molecular flexibility index (Phi) is 6.12. The smallest absolute Gasteiger partial charge is 0.239 e. The molecule has 1 fully saturated rings. The van der Waals surface area contributed by atoms with Crippen LogP contribution in [0.5, 0.6) is 0 Å². The molecule has 0 aromatic heterocycles. The van der Waals surface area contributed by atoms with Crippen LogP contribution < -0.4 is 5.73 Å². The zero-order valence-electron chi connectivity index (χ0n) is 13.0. The SMILES string of the molecule is CCS[C@@H]1CC[C@H](N(C)C(=O)[C@H](N)Cc2ccccc2)C1. The van der Waals surface area contributed by atoms with Crippen LogP contribution in [0.3, 0.4) is 0 Å². The van der Waals surface area contributed by atoms with Crippen molar-refractivity contribution in [2.24, 2.45) is 5.73 Å². The van der Waals surface area contributed by atoms with Crippen molar-refractivity contribution in [1.29, 1.82) is 0 Å². The normalized spacial score (nSPS) is 23.0. The van der Waals surface area contributed by atoms with Crippen LogP contribution in [-0.4, -0.2) is 40.9 Å². The first kappa shape index (κ1) is 16.4. The van der Waals surface area contributed by atoms with E-state index in [9.17, 15) is 4.79 Å². The number of thioether (sulfide) groups is 1. The minimum atomic E-state index is -0.435. The summed E-state index contributed by atoms with van der Waals surface area (Å²) in [6, 6.07) is 9.93. The minimum Gasteiger partial charge on any atom is -0.341 e. The molecule has 21 heavy (non-hydrogen) atoms. The highest BCUT2D eigenvalue weighted by atomic mass is 32.2. The Morgan fingerprint density at radius 2 is 2.10 bits per heavy atom. The molecule has 1 aliphatic rings. The van der Waals surface area contributed by atoms with Gasteiger partial charge in [-0.05, 0) is 37.0 Å². The van der Waals surface area contributed by atoms with Crippen LogP contribution in [0, 0.1) is 0 Å². The lowest BCUT2D eigenvalue weighted by molar-refractivity contribution is -0.133. The molecule has 1 aromatic carbocycles. The fourth-order valence-corrected chi connectivity index (χ4v) is 4.19. The minimum absolute atomic E-state index is 0.0750. The van der Waals surface area contributed by atoms with Crippen molar-refractivity contribution in [3.05, 3.63) is 35.9 Å². The third-order valence-corrected chi connectivity index (χ3v) is 5.50. The molecule has 0 spiro atoms. The van der Waals surface area contributed by atoms with E-state index in [-0.39, 0.29) is 5.91 Å². The first-order valence-corrected chi connectivity index (χ1v) is 8.84. The Labute approximate surface area is 132 Å². The molecule has 0 radical (unpaired) electrons. The van der Waals surface area contributed by atoms with Crippen molar-refractivity contribution in [1.82, 2.24) is 4.90 Å². The second-order valence-electron chi connectivity index (χ2n) is 5.79. The first-order valence-electron chi connectivity index (χ1n) is 7.79. The molecule has 3 nitrogen and oxygen atoms in total. The van der Waals surface area contributed by atoms with Crippen LogP contribution in [0.2, 0.25) is 0 Å². The van der Waals surface area contributed by atoms with Gasteiger partial charge in [-0.15, -0.1) is 0 Å². The van der Waals surface area contributed by atoms with E-state index in [1.165, 1.54) is 6.42 Å². The molecule has 0 unspecified atom stereocenters. The molecule has 116 valence electrons. The van der Waals surface area contributed by atoms with Gasteiger partial charge in [0.25, 0.3) is 0 Å². The summed E-state index contributed by atoms with van der Waals surface area (Å²) in [6.07, 6.45) is 4.05. The van der Waals surface area contributed by atoms with Gasteiger partial charge < -0.3 is 10.6 Å². The van der Waals surface area contributed by atoms with E-state index in [2.05, 4.69) is 6.92 Å². The number of rotatable bonds is 6. The van der Waals surface area contributed by atoms with Crippen LogP contribution in [-0.2, 0) is 11.2 Å².